The zero-order valence-electron chi connectivity index (χ0n) is 8.05. The SMILES string of the molecule is Cc1cc(NC(N)=O)c(C(C)C)s1. The van der Waals surface area contributed by atoms with Gasteiger partial charge in [-0.1, -0.05) is 13.8 Å². The van der Waals surface area contributed by atoms with E-state index in [1.165, 1.54) is 9.75 Å². The summed E-state index contributed by atoms with van der Waals surface area (Å²) >= 11 is 1.69. The van der Waals surface area contributed by atoms with Gasteiger partial charge in [-0.2, -0.15) is 0 Å². The number of primary amides is 1. The third-order valence-corrected chi connectivity index (χ3v) is 3.02. The van der Waals surface area contributed by atoms with Gasteiger partial charge in [0.1, 0.15) is 0 Å². The molecular weight excluding hydrogens is 184 g/mol. The molecule has 0 aliphatic rings. The Hall–Kier alpha value is -1.03. The minimum absolute atomic E-state index is 0.417. The number of rotatable bonds is 2. The van der Waals surface area contributed by atoms with Crippen LogP contribution in [0.3, 0.4) is 0 Å². The van der Waals surface area contributed by atoms with Gasteiger partial charge in [-0.15, -0.1) is 11.3 Å². The van der Waals surface area contributed by atoms with E-state index in [0.29, 0.717) is 5.92 Å². The summed E-state index contributed by atoms with van der Waals surface area (Å²) in [5, 5.41) is 2.62. The van der Waals surface area contributed by atoms with Crippen LogP contribution in [0.2, 0.25) is 0 Å². The number of hydrogen-bond acceptors (Lipinski definition) is 2. The Labute approximate surface area is 81.9 Å². The van der Waals surface area contributed by atoms with Gasteiger partial charge in [0, 0.05) is 9.75 Å². The number of anilines is 1. The monoisotopic (exact) mass is 198 g/mol. The third-order valence-electron chi connectivity index (χ3n) is 1.67. The van der Waals surface area contributed by atoms with Gasteiger partial charge in [0.2, 0.25) is 0 Å². The van der Waals surface area contributed by atoms with Crippen LogP contribution < -0.4 is 11.1 Å². The van der Waals surface area contributed by atoms with Crippen molar-refractivity contribution in [1.82, 2.24) is 0 Å². The van der Waals surface area contributed by atoms with E-state index >= 15 is 0 Å². The van der Waals surface area contributed by atoms with Gasteiger partial charge in [0.05, 0.1) is 5.69 Å². The molecule has 0 radical (unpaired) electrons. The molecule has 0 aliphatic heterocycles. The van der Waals surface area contributed by atoms with Gasteiger partial charge in [-0.25, -0.2) is 4.79 Å². The lowest BCUT2D eigenvalue weighted by Crippen LogP contribution is -2.19. The quantitative estimate of drug-likeness (QED) is 0.754. The predicted molar refractivity (Wildman–Crippen MR) is 56.4 cm³/mol. The van der Waals surface area contributed by atoms with Crippen LogP contribution in [-0.4, -0.2) is 6.03 Å². The number of thiophene rings is 1. The molecule has 0 aromatic carbocycles. The zero-order valence-corrected chi connectivity index (χ0v) is 8.87. The van der Waals surface area contributed by atoms with E-state index in [1.807, 2.05) is 13.0 Å². The predicted octanol–water partition coefficient (Wildman–Crippen LogP) is 2.67. The van der Waals surface area contributed by atoms with Crippen molar-refractivity contribution in [2.24, 2.45) is 5.73 Å². The standard InChI is InChI=1S/C9H14N2OS/c1-5(2)8-7(11-9(10)12)4-6(3)13-8/h4-5H,1-3H3,(H3,10,11,12). The lowest BCUT2D eigenvalue weighted by atomic mass is 10.1. The third kappa shape index (κ3) is 2.45. The number of urea groups is 1. The number of hydrogen-bond donors (Lipinski definition) is 2. The first-order valence-electron chi connectivity index (χ1n) is 4.17. The maximum atomic E-state index is 10.7. The van der Waals surface area contributed by atoms with Gasteiger partial charge in [0.25, 0.3) is 0 Å². The average molecular weight is 198 g/mol. The summed E-state index contributed by atoms with van der Waals surface area (Å²) in [6.07, 6.45) is 0. The van der Waals surface area contributed by atoms with Crippen molar-refractivity contribution < 1.29 is 4.79 Å². The first-order valence-corrected chi connectivity index (χ1v) is 4.99. The van der Waals surface area contributed by atoms with Crippen LogP contribution >= 0.6 is 11.3 Å². The van der Waals surface area contributed by atoms with Gasteiger partial charge >= 0.3 is 6.03 Å². The fourth-order valence-electron chi connectivity index (χ4n) is 1.19. The van der Waals surface area contributed by atoms with E-state index in [4.69, 9.17) is 5.73 Å². The number of nitrogens with one attached hydrogen (secondary N) is 1. The smallest absolute Gasteiger partial charge is 0.316 e. The van der Waals surface area contributed by atoms with E-state index in [9.17, 15) is 4.79 Å². The zero-order chi connectivity index (χ0) is 10.0. The van der Waals surface area contributed by atoms with Crippen molar-refractivity contribution in [2.75, 3.05) is 5.32 Å². The lowest BCUT2D eigenvalue weighted by molar-refractivity contribution is 0.259. The maximum Gasteiger partial charge on any atom is 0.316 e. The van der Waals surface area contributed by atoms with Crippen LogP contribution in [0.1, 0.15) is 29.5 Å². The molecule has 0 bridgehead atoms. The second-order valence-corrected chi connectivity index (χ2v) is 4.57. The molecule has 1 aromatic heterocycles. The highest BCUT2D eigenvalue weighted by atomic mass is 32.1. The van der Waals surface area contributed by atoms with Crippen molar-refractivity contribution in [1.29, 1.82) is 0 Å². The van der Waals surface area contributed by atoms with E-state index in [-0.39, 0.29) is 0 Å². The Bertz CT molecular complexity index is 317. The van der Waals surface area contributed by atoms with Crippen molar-refractivity contribution in [2.45, 2.75) is 26.7 Å². The molecule has 0 aliphatic carbocycles. The van der Waals surface area contributed by atoms with E-state index < -0.39 is 6.03 Å². The number of amides is 2. The number of carbonyl (C=O) groups excluding carboxylic acids is 1. The Morgan fingerprint density at radius 3 is 2.69 bits per heavy atom. The molecule has 0 saturated carbocycles. The summed E-state index contributed by atoms with van der Waals surface area (Å²) in [7, 11) is 0. The molecule has 0 saturated heterocycles. The minimum Gasteiger partial charge on any atom is -0.351 e. The summed E-state index contributed by atoms with van der Waals surface area (Å²) in [4.78, 5) is 13.0. The van der Waals surface area contributed by atoms with Crippen LogP contribution in [0.5, 0.6) is 0 Å². The number of carbonyl (C=O) groups is 1. The molecule has 0 unspecified atom stereocenters. The number of nitrogens with two attached hydrogens (primary N) is 1. The first kappa shape index (κ1) is 10.1. The normalized spacial score (nSPS) is 10.5. The average Bonchev–Trinajstić information content (AvgIpc) is 2.29. The summed E-state index contributed by atoms with van der Waals surface area (Å²) in [5.74, 6) is 0.417. The molecule has 2 amide bonds. The van der Waals surface area contributed by atoms with Crippen LogP contribution in [0.25, 0.3) is 0 Å². The Kier molecular flexibility index (Phi) is 2.93. The fourth-order valence-corrected chi connectivity index (χ4v) is 2.17. The topological polar surface area (TPSA) is 55.1 Å². The van der Waals surface area contributed by atoms with Crippen molar-refractivity contribution in [3.05, 3.63) is 15.8 Å². The Morgan fingerprint density at radius 2 is 2.23 bits per heavy atom. The minimum atomic E-state index is -0.500. The van der Waals surface area contributed by atoms with E-state index in [1.54, 1.807) is 11.3 Å². The molecule has 0 fully saturated rings. The molecule has 3 N–H and O–H groups in total. The van der Waals surface area contributed by atoms with Crippen LogP contribution in [0, 0.1) is 6.92 Å². The summed E-state index contributed by atoms with van der Waals surface area (Å²) in [5.41, 5.74) is 5.91. The van der Waals surface area contributed by atoms with Crippen molar-refractivity contribution >= 4 is 23.1 Å². The summed E-state index contributed by atoms with van der Waals surface area (Å²) < 4.78 is 0. The molecule has 72 valence electrons. The highest BCUT2D eigenvalue weighted by Gasteiger charge is 2.11. The molecule has 13 heavy (non-hydrogen) atoms. The molecule has 3 nitrogen and oxygen atoms in total. The molecule has 4 heteroatoms. The molecule has 1 rings (SSSR count). The molecule has 0 spiro atoms. The van der Waals surface area contributed by atoms with Gasteiger partial charge < -0.3 is 11.1 Å². The van der Waals surface area contributed by atoms with Crippen LogP contribution in [0.4, 0.5) is 10.5 Å². The molecule has 1 aromatic rings. The molecule has 0 atom stereocenters. The van der Waals surface area contributed by atoms with Crippen LogP contribution in [-0.2, 0) is 0 Å². The first-order chi connectivity index (χ1) is 6.00. The van der Waals surface area contributed by atoms with Crippen LogP contribution in [0.15, 0.2) is 6.07 Å². The van der Waals surface area contributed by atoms with E-state index in [2.05, 4.69) is 19.2 Å². The lowest BCUT2D eigenvalue weighted by Gasteiger charge is -2.05. The molecular formula is C9H14N2OS. The highest BCUT2D eigenvalue weighted by Crippen LogP contribution is 2.32. The molecule has 1 heterocycles. The summed E-state index contributed by atoms with van der Waals surface area (Å²) in [6.45, 7) is 6.21. The second-order valence-electron chi connectivity index (χ2n) is 3.28. The van der Waals surface area contributed by atoms with E-state index in [0.717, 1.165) is 5.69 Å². The Balaban J connectivity index is 2.97. The Morgan fingerprint density at radius 1 is 1.62 bits per heavy atom. The second kappa shape index (κ2) is 3.79. The number of aryl methyl sites for hydroxylation is 1. The maximum absolute atomic E-state index is 10.7. The van der Waals surface area contributed by atoms with Gasteiger partial charge in [-0.05, 0) is 18.9 Å². The largest absolute Gasteiger partial charge is 0.351 e. The highest BCUT2D eigenvalue weighted by molar-refractivity contribution is 7.12. The summed E-state index contributed by atoms with van der Waals surface area (Å²) in [6, 6.07) is 1.45. The van der Waals surface area contributed by atoms with Gasteiger partial charge in [-0.3, -0.25) is 0 Å². The fraction of sp³-hybridized carbons (Fsp3) is 0.444. The van der Waals surface area contributed by atoms with Crippen molar-refractivity contribution in [3.8, 4) is 0 Å². The van der Waals surface area contributed by atoms with Gasteiger partial charge in [0.15, 0.2) is 0 Å². The van der Waals surface area contributed by atoms with Crippen molar-refractivity contribution in [3.63, 3.8) is 0 Å².